The number of aliphatic hydroxyl groups is 1. The highest BCUT2D eigenvalue weighted by Gasteiger charge is 2.36. The molecule has 1 aliphatic rings. The molecule has 1 aliphatic heterocycles. The van der Waals surface area contributed by atoms with E-state index in [0.717, 1.165) is 18.6 Å². The van der Waals surface area contributed by atoms with Crippen LogP contribution in [0.5, 0.6) is 0 Å². The van der Waals surface area contributed by atoms with Gasteiger partial charge in [-0.2, -0.15) is 0 Å². The molecule has 3 rings (SSSR count). The molecule has 2 unspecified atom stereocenters. The summed E-state index contributed by atoms with van der Waals surface area (Å²) in [5.74, 6) is -3.53. The average molecular weight is 492 g/mol. The van der Waals surface area contributed by atoms with Gasteiger partial charge in [0.15, 0.2) is 5.78 Å². The molecule has 182 valence electrons. The van der Waals surface area contributed by atoms with E-state index in [1.54, 1.807) is 20.8 Å². The second-order valence-electron chi connectivity index (χ2n) is 9.25. The maximum absolute atomic E-state index is 15.0. The molecule has 0 aromatic heterocycles. The quantitative estimate of drug-likeness (QED) is 0.555. The second-order valence-corrected chi connectivity index (χ2v) is 9.69. The van der Waals surface area contributed by atoms with E-state index in [1.807, 2.05) is 0 Å². The number of aromatic carboxylic acids is 1. The van der Waals surface area contributed by atoms with Crippen molar-refractivity contribution in [3.05, 3.63) is 69.5 Å². The van der Waals surface area contributed by atoms with Gasteiger partial charge in [0.05, 0.1) is 23.3 Å². The molecule has 34 heavy (non-hydrogen) atoms. The van der Waals surface area contributed by atoms with Gasteiger partial charge in [-0.15, -0.1) is 0 Å². The Hall–Kier alpha value is -2.97. The van der Waals surface area contributed by atoms with Crippen molar-refractivity contribution in [3.63, 3.8) is 0 Å². The summed E-state index contributed by atoms with van der Waals surface area (Å²) < 4.78 is 20.5. The molecule has 1 amide bonds. The Morgan fingerprint density at radius 3 is 2.32 bits per heavy atom. The van der Waals surface area contributed by atoms with Crippen LogP contribution < -0.4 is 0 Å². The normalized spacial score (nSPS) is 17.2. The molecule has 1 heterocycles. The minimum Gasteiger partial charge on any atom is -0.478 e. The van der Waals surface area contributed by atoms with Gasteiger partial charge in [-0.3, -0.25) is 4.79 Å². The van der Waals surface area contributed by atoms with Crippen molar-refractivity contribution in [1.82, 2.24) is 4.90 Å². The maximum atomic E-state index is 15.0. The van der Waals surface area contributed by atoms with E-state index in [2.05, 4.69) is 0 Å². The predicted molar refractivity (Wildman–Crippen MR) is 124 cm³/mol. The van der Waals surface area contributed by atoms with Crippen molar-refractivity contribution in [1.29, 1.82) is 0 Å². The lowest BCUT2D eigenvalue weighted by Gasteiger charge is -2.39. The van der Waals surface area contributed by atoms with Crippen LogP contribution in [0.4, 0.5) is 9.18 Å². The Morgan fingerprint density at radius 1 is 1.12 bits per heavy atom. The summed E-state index contributed by atoms with van der Waals surface area (Å²) in [6, 6.07) is 7.15. The monoisotopic (exact) mass is 491 g/mol. The summed E-state index contributed by atoms with van der Waals surface area (Å²) >= 11 is 5.85. The Kier molecular flexibility index (Phi) is 7.63. The number of carbonyl (C=O) groups is 3. The maximum Gasteiger partial charge on any atom is 0.410 e. The molecule has 2 aromatic rings. The molecule has 0 aliphatic carbocycles. The van der Waals surface area contributed by atoms with E-state index in [9.17, 15) is 24.6 Å². The van der Waals surface area contributed by atoms with Crippen LogP contribution in [0.25, 0.3) is 0 Å². The molecule has 0 spiro atoms. The Morgan fingerprint density at radius 2 is 1.74 bits per heavy atom. The first-order valence-electron chi connectivity index (χ1n) is 10.9. The molecule has 2 aromatic carbocycles. The largest absolute Gasteiger partial charge is 0.478 e. The predicted octanol–water partition coefficient (Wildman–Crippen LogP) is 5.23. The molecule has 9 heteroatoms. The van der Waals surface area contributed by atoms with E-state index in [1.165, 1.54) is 29.2 Å². The fourth-order valence-corrected chi connectivity index (χ4v) is 4.08. The van der Waals surface area contributed by atoms with Gasteiger partial charge in [0.1, 0.15) is 11.4 Å². The van der Waals surface area contributed by atoms with Gasteiger partial charge in [-0.1, -0.05) is 11.6 Å². The molecule has 0 bridgehead atoms. The Labute approximate surface area is 202 Å². The molecule has 1 saturated heterocycles. The van der Waals surface area contributed by atoms with Crippen LogP contribution in [-0.4, -0.2) is 51.1 Å². The lowest BCUT2D eigenvalue weighted by Crippen LogP contribution is -2.48. The number of halogens is 2. The zero-order valence-electron chi connectivity index (χ0n) is 19.2. The molecular weight excluding hydrogens is 465 g/mol. The van der Waals surface area contributed by atoms with Crippen LogP contribution >= 0.6 is 11.6 Å². The smallest absolute Gasteiger partial charge is 0.410 e. The van der Waals surface area contributed by atoms with Crippen LogP contribution in [0.1, 0.15) is 78.0 Å². The van der Waals surface area contributed by atoms with Crippen molar-refractivity contribution in [2.75, 3.05) is 6.54 Å². The van der Waals surface area contributed by atoms with Crippen molar-refractivity contribution in [2.45, 2.75) is 57.8 Å². The molecule has 7 nitrogen and oxygen atoms in total. The van der Waals surface area contributed by atoms with E-state index in [0.29, 0.717) is 24.4 Å². The van der Waals surface area contributed by atoms with Gasteiger partial charge in [0.2, 0.25) is 0 Å². The van der Waals surface area contributed by atoms with Gasteiger partial charge < -0.3 is 19.8 Å². The minimum atomic E-state index is -1.58. The van der Waals surface area contributed by atoms with Crippen molar-refractivity contribution in [2.24, 2.45) is 0 Å². The summed E-state index contributed by atoms with van der Waals surface area (Å²) in [5.41, 5.74) is -1.84. The third kappa shape index (κ3) is 5.74. The highest BCUT2D eigenvalue weighted by atomic mass is 35.5. The van der Waals surface area contributed by atoms with Crippen LogP contribution in [0.15, 0.2) is 36.4 Å². The third-order valence-electron chi connectivity index (χ3n) is 5.56. The van der Waals surface area contributed by atoms with Gasteiger partial charge in [0.25, 0.3) is 0 Å². The number of benzene rings is 2. The number of carbonyl (C=O) groups excluding carboxylic acids is 2. The third-order valence-corrected chi connectivity index (χ3v) is 5.81. The number of carboxylic acid groups (broad SMARTS) is 1. The van der Waals surface area contributed by atoms with Crippen molar-refractivity contribution < 1.29 is 33.7 Å². The van der Waals surface area contributed by atoms with E-state index in [4.69, 9.17) is 16.3 Å². The highest BCUT2D eigenvalue weighted by Crippen LogP contribution is 2.32. The lowest BCUT2D eigenvalue weighted by molar-refractivity contribution is -0.0169. The number of hydrogen-bond donors (Lipinski definition) is 2. The molecular formula is C25H27ClFNO6. The number of carboxylic acids is 1. The zero-order valence-corrected chi connectivity index (χ0v) is 19.9. The number of piperidine rings is 1. The van der Waals surface area contributed by atoms with Crippen LogP contribution in [0.3, 0.4) is 0 Å². The number of rotatable bonds is 5. The summed E-state index contributed by atoms with van der Waals surface area (Å²) in [4.78, 5) is 38.9. The first-order valence-corrected chi connectivity index (χ1v) is 11.3. The number of aliphatic hydroxyl groups excluding tert-OH is 1. The van der Waals surface area contributed by atoms with Gasteiger partial charge in [0, 0.05) is 17.1 Å². The lowest BCUT2D eigenvalue weighted by atomic mass is 9.89. The highest BCUT2D eigenvalue weighted by molar-refractivity contribution is 6.30. The second kappa shape index (κ2) is 10.1. The zero-order chi connectivity index (χ0) is 25.2. The van der Waals surface area contributed by atoms with E-state index < -0.39 is 52.5 Å². The van der Waals surface area contributed by atoms with Gasteiger partial charge in [-0.05, 0) is 82.0 Å². The standard InChI is InChI=1S/C25H27ClFNO6/c1-25(2,3)34-24(33)28-11-5-4-6-19(28)22(30)15-12-17(20(27)18(13-15)23(31)32)21(29)14-7-9-16(26)10-8-14/h7-10,12-13,19,22,30H,4-6,11H2,1-3H3,(H,31,32). The summed E-state index contributed by atoms with van der Waals surface area (Å²) in [7, 11) is 0. The Balaban J connectivity index is 2.02. The summed E-state index contributed by atoms with van der Waals surface area (Å²) in [6.45, 7) is 5.54. The fourth-order valence-electron chi connectivity index (χ4n) is 3.95. The average Bonchev–Trinajstić information content (AvgIpc) is 2.77. The topological polar surface area (TPSA) is 104 Å². The van der Waals surface area contributed by atoms with Crippen molar-refractivity contribution in [3.8, 4) is 0 Å². The van der Waals surface area contributed by atoms with Crippen molar-refractivity contribution >= 4 is 29.4 Å². The molecule has 0 saturated carbocycles. The number of ketones is 1. The van der Waals surface area contributed by atoms with E-state index in [-0.39, 0.29) is 11.1 Å². The fraction of sp³-hybridized carbons (Fsp3) is 0.400. The number of nitrogens with zero attached hydrogens (tertiary/aromatic N) is 1. The van der Waals surface area contributed by atoms with Gasteiger partial charge in [-0.25, -0.2) is 14.0 Å². The van der Waals surface area contributed by atoms with Crippen LogP contribution in [-0.2, 0) is 4.74 Å². The summed E-state index contributed by atoms with van der Waals surface area (Å²) in [6.07, 6.45) is -0.0878. The molecule has 0 radical (unpaired) electrons. The van der Waals surface area contributed by atoms with Crippen LogP contribution in [0.2, 0.25) is 5.02 Å². The number of ether oxygens (including phenoxy) is 1. The number of likely N-dealkylation sites (tertiary alicyclic amines) is 1. The SMILES string of the molecule is CC(C)(C)OC(=O)N1CCCCC1C(O)c1cc(C(=O)O)c(F)c(C(=O)c2ccc(Cl)cc2)c1. The Bertz CT molecular complexity index is 1100. The van der Waals surface area contributed by atoms with E-state index >= 15 is 4.39 Å². The molecule has 2 atom stereocenters. The molecule has 2 N–H and O–H groups in total. The minimum absolute atomic E-state index is 0.0246. The summed E-state index contributed by atoms with van der Waals surface area (Å²) in [5, 5.41) is 21.1. The van der Waals surface area contributed by atoms with Crippen LogP contribution in [0, 0.1) is 5.82 Å². The molecule has 1 fully saturated rings. The number of hydrogen-bond acceptors (Lipinski definition) is 5. The first kappa shape index (κ1) is 25.6. The first-order chi connectivity index (χ1) is 15.9. The van der Waals surface area contributed by atoms with Gasteiger partial charge >= 0.3 is 12.1 Å². The number of amides is 1.